The number of hydrogen-bond donors (Lipinski definition) is 2. The summed E-state index contributed by atoms with van der Waals surface area (Å²) in [4.78, 5) is 12.9. The summed E-state index contributed by atoms with van der Waals surface area (Å²) in [5.74, 6) is 0.126. The second kappa shape index (κ2) is 10.2. The number of unbranched alkanes of at least 4 members (excludes halogenated alkanes) is 1. The molecule has 0 spiro atoms. The van der Waals surface area contributed by atoms with Gasteiger partial charge in [-0.05, 0) is 53.8 Å². The van der Waals surface area contributed by atoms with E-state index < -0.39 is 17.2 Å². The summed E-state index contributed by atoms with van der Waals surface area (Å²) in [5, 5.41) is 2.77. The van der Waals surface area contributed by atoms with Gasteiger partial charge in [0.15, 0.2) is 4.90 Å². The zero-order valence-electron chi connectivity index (χ0n) is 14.6. The second-order valence-corrected chi connectivity index (χ2v) is 7.62. The van der Waals surface area contributed by atoms with E-state index in [9.17, 15) is 9.35 Å². The Morgan fingerprint density at radius 2 is 1.96 bits per heavy atom. The standard InChI is InChI=1S/C20H26N2O2S/c1-2-3-8-16-9-7-12-18(15-16)25(24)14-13-19(21)20(23)22-17-10-5-4-6-11-17/h4-7,9-12,15,19H,2-3,8,13-14,21H2,1H3,(H,22,23). The number of anilines is 1. The van der Waals surface area contributed by atoms with Gasteiger partial charge in [-0.3, -0.25) is 4.79 Å². The zero-order chi connectivity index (χ0) is 18.1. The van der Waals surface area contributed by atoms with E-state index in [0.717, 1.165) is 24.2 Å². The zero-order valence-corrected chi connectivity index (χ0v) is 15.4. The quantitative estimate of drug-likeness (QED) is 0.674. The lowest BCUT2D eigenvalue weighted by atomic mass is 10.1. The summed E-state index contributed by atoms with van der Waals surface area (Å²) in [5.41, 5.74) is 7.86. The molecule has 0 heterocycles. The highest BCUT2D eigenvalue weighted by atomic mass is 32.2. The number of rotatable bonds is 9. The van der Waals surface area contributed by atoms with Crippen LogP contribution in [0.4, 0.5) is 5.69 Å². The van der Waals surface area contributed by atoms with E-state index in [1.807, 2.05) is 48.5 Å². The topological polar surface area (TPSA) is 78.2 Å². The first-order chi connectivity index (χ1) is 12.1. The number of nitrogens with two attached hydrogens (primary N) is 1. The molecular formula is C20H26N2O2S. The van der Waals surface area contributed by atoms with E-state index in [1.165, 1.54) is 5.56 Å². The molecular weight excluding hydrogens is 332 g/mol. The van der Waals surface area contributed by atoms with Crippen molar-refractivity contribution in [3.63, 3.8) is 0 Å². The van der Waals surface area contributed by atoms with E-state index in [-0.39, 0.29) is 5.91 Å². The summed E-state index contributed by atoms with van der Waals surface area (Å²) in [6, 6.07) is 16.4. The average Bonchev–Trinajstić information content (AvgIpc) is 2.65. The summed E-state index contributed by atoms with van der Waals surface area (Å²) < 4.78 is 12.5. The summed E-state index contributed by atoms with van der Waals surface area (Å²) in [7, 11) is 0. The first-order valence-electron chi connectivity index (χ1n) is 8.69. The predicted molar refractivity (Wildman–Crippen MR) is 104 cm³/mol. The molecule has 5 heteroatoms. The highest BCUT2D eigenvalue weighted by Crippen LogP contribution is 2.16. The molecule has 2 aromatic carbocycles. The Balaban J connectivity index is 1.84. The Bertz CT molecular complexity index is 664. The lowest BCUT2D eigenvalue weighted by Crippen LogP contribution is -2.37. The van der Waals surface area contributed by atoms with E-state index in [2.05, 4.69) is 18.3 Å². The number of carbonyl (C=O) groups excluding carboxylic acids is 1. The van der Waals surface area contributed by atoms with Crippen LogP contribution in [0, 0.1) is 0 Å². The number of para-hydroxylation sites is 1. The van der Waals surface area contributed by atoms with Crippen LogP contribution in [0.15, 0.2) is 59.5 Å². The molecule has 1 amide bonds. The summed E-state index contributed by atoms with van der Waals surface area (Å²) in [6.45, 7) is 2.16. The SMILES string of the molecule is CCCCc1cccc([S+]([O-])CCC(N)C(=O)Nc2ccccc2)c1. The highest BCUT2D eigenvalue weighted by Gasteiger charge is 2.18. The van der Waals surface area contributed by atoms with Crippen LogP contribution in [-0.2, 0) is 22.4 Å². The number of hydrogen-bond acceptors (Lipinski definition) is 3. The lowest BCUT2D eigenvalue weighted by molar-refractivity contribution is -0.117. The fraction of sp³-hybridized carbons (Fsp3) is 0.350. The first-order valence-corrected chi connectivity index (χ1v) is 10.0. The molecule has 25 heavy (non-hydrogen) atoms. The van der Waals surface area contributed by atoms with Crippen molar-refractivity contribution in [3.05, 3.63) is 60.2 Å². The van der Waals surface area contributed by atoms with Crippen molar-refractivity contribution < 1.29 is 9.35 Å². The van der Waals surface area contributed by atoms with Gasteiger partial charge in [0.05, 0.1) is 6.04 Å². The minimum Gasteiger partial charge on any atom is -0.611 e. The maximum absolute atomic E-state index is 12.5. The Morgan fingerprint density at radius 3 is 2.68 bits per heavy atom. The van der Waals surface area contributed by atoms with Gasteiger partial charge in [-0.25, -0.2) is 0 Å². The third kappa shape index (κ3) is 6.53. The molecule has 0 saturated carbocycles. The molecule has 2 rings (SSSR count). The van der Waals surface area contributed by atoms with E-state index >= 15 is 0 Å². The minimum absolute atomic E-state index is 0.250. The van der Waals surface area contributed by atoms with Crippen molar-refractivity contribution >= 4 is 22.8 Å². The van der Waals surface area contributed by atoms with Gasteiger partial charge in [0.2, 0.25) is 5.91 Å². The van der Waals surface area contributed by atoms with Crippen molar-refractivity contribution in [2.24, 2.45) is 5.73 Å². The van der Waals surface area contributed by atoms with Gasteiger partial charge >= 0.3 is 0 Å². The van der Waals surface area contributed by atoms with E-state index in [0.29, 0.717) is 17.9 Å². The molecule has 2 aromatic rings. The van der Waals surface area contributed by atoms with Crippen LogP contribution in [0.5, 0.6) is 0 Å². The summed E-state index contributed by atoms with van der Waals surface area (Å²) in [6.07, 6.45) is 3.64. The van der Waals surface area contributed by atoms with Crippen molar-refractivity contribution in [3.8, 4) is 0 Å². The molecule has 2 atom stereocenters. The Morgan fingerprint density at radius 1 is 1.20 bits per heavy atom. The maximum atomic E-state index is 12.5. The van der Waals surface area contributed by atoms with Crippen LogP contribution in [0.3, 0.4) is 0 Å². The third-order valence-electron chi connectivity index (χ3n) is 3.97. The van der Waals surface area contributed by atoms with Crippen molar-refractivity contribution in [1.29, 1.82) is 0 Å². The number of nitrogens with one attached hydrogen (secondary N) is 1. The fourth-order valence-electron chi connectivity index (χ4n) is 2.46. The van der Waals surface area contributed by atoms with Gasteiger partial charge in [0, 0.05) is 12.1 Å². The molecule has 134 valence electrons. The van der Waals surface area contributed by atoms with Crippen LogP contribution in [-0.4, -0.2) is 22.3 Å². The molecule has 2 unspecified atom stereocenters. The van der Waals surface area contributed by atoms with Crippen molar-refractivity contribution in [2.75, 3.05) is 11.1 Å². The number of amides is 1. The molecule has 0 aliphatic heterocycles. The Hall–Kier alpha value is -1.82. The second-order valence-electron chi connectivity index (χ2n) is 6.05. The predicted octanol–water partition coefficient (Wildman–Crippen LogP) is 3.49. The third-order valence-corrected chi connectivity index (χ3v) is 5.36. The van der Waals surface area contributed by atoms with Crippen molar-refractivity contribution in [2.45, 2.75) is 43.5 Å². The largest absolute Gasteiger partial charge is 0.611 e. The molecule has 4 nitrogen and oxygen atoms in total. The van der Waals surface area contributed by atoms with E-state index in [1.54, 1.807) is 0 Å². The van der Waals surface area contributed by atoms with Gasteiger partial charge in [-0.2, -0.15) is 0 Å². The molecule has 0 aliphatic carbocycles. The molecule has 0 radical (unpaired) electrons. The molecule has 3 N–H and O–H groups in total. The highest BCUT2D eigenvalue weighted by molar-refractivity contribution is 7.91. The molecule has 0 bridgehead atoms. The molecule has 0 saturated heterocycles. The molecule has 0 fully saturated rings. The first kappa shape index (κ1) is 19.5. The fourth-order valence-corrected chi connectivity index (χ4v) is 3.68. The van der Waals surface area contributed by atoms with Gasteiger partial charge in [0.1, 0.15) is 5.75 Å². The van der Waals surface area contributed by atoms with Crippen LogP contribution in [0.1, 0.15) is 31.7 Å². The lowest BCUT2D eigenvalue weighted by Gasteiger charge is -2.15. The Kier molecular flexibility index (Phi) is 7.98. The minimum atomic E-state index is -1.14. The monoisotopic (exact) mass is 358 g/mol. The average molecular weight is 359 g/mol. The van der Waals surface area contributed by atoms with E-state index in [4.69, 9.17) is 5.73 Å². The number of aryl methyl sites for hydroxylation is 1. The van der Waals surface area contributed by atoms with Gasteiger partial charge in [-0.1, -0.05) is 43.7 Å². The van der Waals surface area contributed by atoms with Gasteiger partial charge < -0.3 is 15.6 Å². The maximum Gasteiger partial charge on any atom is 0.241 e. The number of carbonyl (C=O) groups is 1. The molecule has 0 aromatic heterocycles. The van der Waals surface area contributed by atoms with Crippen LogP contribution < -0.4 is 11.1 Å². The van der Waals surface area contributed by atoms with Gasteiger partial charge in [-0.15, -0.1) is 0 Å². The van der Waals surface area contributed by atoms with Crippen molar-refractivity contribution in [1.82, 2.24) is 0 Å². The van der Waals surface area contributed by atoms with Crippen LogP contribution >= 0.6 is 0 Å². The smallest absolute Gasteiger partial charge is 0.241 e. The molecule has 0 aliphatic rings. The van der Waals surface area contributed by atoms with Crippen LogP contribution in [0.25, 0.3) is 0 Å². The van der Waals surface area contributed by atoms with Crippen LogP contribution in [0.2, 0.25) is 0 Å². The van der Waals surface area contributed by atoms with Gasteiger partial charge in [0.25, 0.3) is 0 Å². The Labute approximate surface area is 153 Å². The summed E-state index contributed by atoms with van der Waals surface area (Å²) >= 11 is -1.14. The normalized spacial score (nSPS) is 13.2. The number of benzene rings is 2.